The molecule has 0 N–H and O–H groups in total. The van der Waals surface area contributed by atoms with E-state index in [1.165, 1.54) is 5.57 Å². The fraction of sp³-hybridized carbons (Fsp3) is 0.467. The lowest BCUT2D eigenvalue weighted by atomic mass is 9.76. The van der Waals surface area contributed by atoms with Crippen LogP contribution in [0.5, 0.6) is 0 Å². The third-order valence-electron chi connectivity index (χ3n) is 3.79. The van der Waals surface area contributed by atoms with Crippen LogP contribution < -0.4 is 0 Å². The van der Waals surface area contributed by atoms with Crippen LogP contribution in [-0.4, -0.2) is 18.3 Å². The standard InChI is InChI=1S/C15H21BO2/c1-12-9-7-6-8-10-13(11-12)16-17-14(2,3)15(4,5)18-16/h6-11H,1-5H3/b7-6?,8-6-,9-7-,10-8?,12-9?,12-11-,13-10+,13-11?. The molecule has 0 aromatic heterocycles. The maximum Gasteiger partial charge on any atom is 0.494 e. The van der Waals surface area contributed by atoms with Gasteiger partial charge < -0.3 is 9.31 Å². The van der Waals surface area contributed by atoms with Crippen molar-refractivity contribution < 1.29 is 9.31 Å². The first-order valence-electron chi connectivity index (χ1n) is 6.41. The van der Waals surface area contributed by atoms with Gasteiger partial charge in [0.15, 0.2) is 0 Å². The van der Waals surface area contributed by atoms with Gasteiger partial charge in [0.25, 0.3) is 0 Å². The highest BCUT2D eigenvalue weighted by atomic mass is 16.7. The molecule has 0 unspecified atom stereocenters. The zero-order valence-corrected chi connectivity index (χ0v) is 11.9. The predicted octanol–water partition coefficient (Wildman–Crippen LogP) is 3.62. The highest BCUT2D eigenvalue weighted by Crippen LogP contribution is 2.38. The first-order valence-corrected chi connectivity index (χ1v) is 6.41. The number of rotatable bonds is 1. The van der Waals surface area contributed by atoms with Crippen LogP contribution in [0.2, 0.25) is 0 Å². The monoisotopic (exact) mass is 244 g/mol. The summed E-state index contributed by atoms with van der Waals surface area (Å²) >= 11 is 0. The summed E-state index contributed by atoms with van der Waals surface area (Å²) in [7, 11) is -0.291. The molecule has 3 heteroatoms. The topological polar surface area (TPSA) is 18.5 Å². The van der Waals surface area contributed by atoms with Crippen LogP contribution in [0.1, 0.15) is 34.6 Å². The zero-order chi connectivity index (χ0) is 13.4. The summed E-state index contributed by atoms with van der Waals surface area (Å²) in [6.07, 6.45) is 12.3. The first kappa shape index (κ1) is 13.4. The highest BCUT2D eigenvalue weighted by molar-refractivity contribution is 6.55. The normalized spacial score (nSPS) is 34.8. The Hall–Kier alpha value is -1.06. The second-order valence-corrected chi connectivity index (χ2v) is 5.89. The second-order valence-electron chi connectivity index (χ2n) is 5.89. The molecule has 18 heavy (non-hydrogen) atoms. The minimum atomic E-state index is -0.291. The molecule has 0 spiro atoms. The van der Waals surface area contributed by atoms with Crippen molar-refractivity contribution in [1.82, 2.24) is 0 Å². The lowest BCUT2D eigenvalue weighted by Gasteiger charge is -2.32. The van der Waals surface area contributed by atoms with Gasteiger partial charge in [-0.25, -0.2) is 0 Å². The van der Waals surface area contributed by atoms with Crippen LogP contribution in [0.25, 0.3) is 0 Å². The van der Waals surface area contributed by atoms with E-state index in [2.05, 4.69) is 52.8 Å². The fourth-order valence-electron chi connectivity index (χ4n) is 1.92. The van der Waals surface area contributed by atoms with Gasteiger partial charge in [0, 0.05) is 0 Å². The Morgan fingerprint density at radius 1 is 0.944 bits per heavy atom. The van der Waals surface area contributed by atoms with Crippen LogP contribution in [-0.2, 0) is 9.31 Å². The van der Waals surface area contributed by atoms with Crippen molar-refractivity contribution in [3.05, 3.63) is 47.5 Å². The third kappa shape index (κ3) is 2.52. The zero-order valence-electron chi connectivity index (χ0n) is 11.9. The van der Waals surface area contributed by atoms with Crippen LogP contribution in [0, 0.1) is 0 Å². The van der Waals surface area contributed by atoms with Crippen LogP contribution in [0.3, 0.4) is 0 Å². The van der Waals surface area contributed by atoms with Gasteiger partial charge in [-0.2, -0.15) is 0 Å². The average Bonchev–Trinajstić information content (AvgIpc) is 2.42. The minimum absolute atomic E-state index is 0.290. The van der Waals surface area contributed by atoms with E-state index in [0.29, 0.717) is 0 Å². The summed E-state index contributed by atoms with van der Waals surface area (Å²) in [5, 5.41) is 0. The molecule has 1 fully saturated rings. The minimum Gasteiger partial charge on any atom is -0.399 e. The molecule has 0 aromatic carbocycles. The Morgan fingerprint density at radius 3 is 2.17 bits per heavy atom. The Morgan fingerprint density at radius 2 is 1.56 bits per heavy atom. The van der Waals surface area contributed by atoms with Gasteiger partial charge >= 0.3 is 7.12 Å². The summed E-state index contributed by atoms with van der Waals surface area (Å²) in [6.45, 7) is 10.4. The van der Waals surface area contributed by atoms with Gasteiger partial charge in [-0.15, -0.1) is 0 Å². The van der Waals surface area contributed by atoms with E-state index >= 15 is 0 Å². The molecular weight excluding hydrogens is 223 g/mol. The molecule has 0 aromatic rings. The quantitative estimate of drug-likeness (QED) is 0.656. The van der Waals surface area contributed by atoms with Crippen molar-refractivity contribution in [1.29, 1.82) is 0 Å². The van der Waals surface area contributed by atoms with E-state index in [1.54, 1.807) is 0 Å². The summed E-state index contributed by atoms with van der Waals surface area (Å²) in [4.78, 5) is 0. The van der Waals surface area contributed by atoms with E-state index in [9.17, 15) is 0 Å². The van der Waals surface area contributed by atoms with Crippen LogP contribution in [0.4, 0.5) is 0 Å². The molecule has 96 valence electrons. The maximum atomic E-state index is 6.06. The van der Waals surface area contributed by atoms with E-state index < -0.39 is 0 Å². The van der Waals surface area contributed by atoms with Gasteiger partial charge in [-0.05, 0) is 40.1 Å². The van der Waals surface area contributed by atoms with Crippen molar-refractivity contribution in [2.75, 3.05) is 0 Å². The van der Waals surface area contributed by atoms with E-state index in [-0.39, 0.29) is 18.3 Å². The molecule has 2 rings (SSSR count). The number of hydrogen-bond acceptors (Lipinski definition) is 2. The van der Waals surface area contributed by atoms with Gasteiger partial charge in [0.2, 0.25) is 0 Å². The van der Waals surface area contributed by atoms with Crippen molar-refractivity contribution >= 4 is 7.12 Å². The summed E-state index contributed by atoms with van der Waals surface area (Å²) in [6, 6.07) is 0. The van der Waals surface area contributed by atoms with Crippen molar-refractivity contribution in [2.24, 2.45) is 0 Å². The molecule has 0 radical (unpaired) electrons. The number of allylic oxidation sites excluding steroid dienone is 8. The summed E-state index contributed by atoms with van der Waals surface area (Å²) in [5.41, 5.74) is 1.68. The lowest BCUT2D eigenvalue weighted by molar-refractivity contribution is 0.00578. The Kier molecular flexibility index (Phi) is 3.39. The summed E-state index contributed by atoms with van der Waals surface area (Å²) < 4.78 is 12.1. The Labute approximate surface area is 110 Å². The lowest BCUT2D eigenvalue weighted by Crippen LogP contribution is -2.41. The molecule has 0 amide bonds. The van der Waals surface area contributed by atoms with Crippen molar-refractivity contribution in [3.63, 3.8) is 0 Å². The first-order chi connectivity index (χ1) is 8.32. The van der Waals surface area contributed by atoms with Crippen molar-refractivity contribution in [2.45, 2.75) is 45.8 Å². The molecule has 1 heterocycles. The van der Waals surface area contributed by atoms with Crippen LogP contribution in [0.15, 0.2) is 47.5 Å². The van der Waals surface area contributed by atoms with Gasteiger partial charge in [-0.3, -0.25) is 0 Å². The summed E-state index contributed by atoms with van der Waals surface area (Å²) in [5.74, 6) is 0. The molecule has 1 saturated heterocycles. The third-order valence-corrected chi connectivity index (χ3v) is 3.79. The highest BCUT2D eigenvalue weighted by Gasteiger charge is 2.51. The number of hydrogen-bond donors (Lipinski definition) is 0. The maximum absolute atomic E-state index is 6.06. The van der Waals surface area contributed by atoms with Gasteiger partial charge in [0.1, 0.15) is 0 Å². The SMILES string of the molecule is CC1=C/C(B2OC(C)(C)C(C)(C)O2)=C\C=C/C=C\1. The van der Waals surface area contributed by atoms with E-state index in [4.69, 9.17) is 9.31 Å². The molecular formula is C15H21BO2. The molecule has 2 nitrogen and oxygen atoms in total. The van der Waals surface area contributed by atoms with Gasteiger partial charge in [0.05, 0.1) is 11.2 Å². The van der Waals surface area contributed by atoms with Crippen molar-refractivity contribution in [3.8, 4) is 0 Å². The molecule has 0 saturated carbocycles. The molecule has 0 atom stereocenters. The van der Waals surface area contributed by atoms with E-state index in [1.807, 2.05) is 18.2 Å². The van der Waals surface area contributed by atoms with Crippen LogP contribution >= 0.6 is 0 Å². The van der Waals surface area contributed by atoms with Gasteiger partial charge in [-0.1, -0.05) is 42.0 Å². The smallest absolute Gasteiger partial charge is 0.399 e. The molecule has 1 aliphatic heterocycles. The molecule has 2 aliphatic rings. The fourth-order valence-corrected chi connectivity index (χ4v) is 1.92. The predicted molar refractivity (Wildman–Crippen MR) is 76.2 cm³/mol. The van der Waals surface area contributed by atoms with E-state index in [0.717, 1.165) is 5.47 Å². The average molecular weight is 244 g/mol. The largest absolute Gasteiger partial charge is 0.494 e. The molecule has 1 aliphatic carbocycles. The molecule has 0 bridgehead atoms. The Balaban J connectivity index is 2.26. The second kappa shape index (κ2) is 4.56. The Bertz CT molecular complexity index is 437.